The second-order valence-electron chi connectivity index (χ2n) is 8.02. The molecule has 1 aliphatic heterocycles. The largest absolute Gasteiger partial charge is 0.480 e. The number of carboxylic acid groups (broad SMARTS) is 1. The number of hydrogen-bond donors (Lipinski definition) is 4. The summed E-state index contributed by atoms with van der Waals surface area (Å²) in [5, 5.41) is 43.1. The summed E-state index contributed by atoms with van der Waals surface area (Å²) in [5.41, 5.74) is -1.72. The minimum atomic E-state index is -3.62. The van der Waals surface area contributed by atoms with Gasteiger partial charge in [0.1, 0.15) is 12.6 Å². The lowest BCUT2D eigenvalue weighted by Gasteiger charge is -2.53. The number of amides is 1. The van der Waals surface area contributed by atoms with Crippen molar-refractivity contribution < 1.29 is 63.3 Å². The van der Waals surface area contributed by atoms with E-state index in [-0.39, 0.29) is 5.56 Å². The van der Waals surface area contributed by atoms with E-state index in [1.165, 1.54) is 19.2 Å². The van der Waals surface area contributed by atoms with E-state index in [4.69, 9.17) is 14.2 Å². The molecular formula is C22H27NO13S. The van der Waals surface area contributed by atoms with Gasteiger partial charge in [-0.05, 0) is 12.1 Å². The molecule has 0 saturated carbocycles. The van der Waals surface area contributed by atoms with E-state index in [1.807, 2.05) is 0 Å². The number of benzene rings is 1. The molecule has 5 atom stereocenters. The van der Waals surface area contributed by atoms with E-state index >= 15 is 0 Å². The predicted molar refractivity (Wildman–Crippen MR) is 122 cm³/mol. The molecule has 1 amide bonds. The molecule has 2 rings (SSSR count). The predicted octanol–water partition coefficient (Wildman–Crippen LogP) is -0.944. The van der Waals surface area contributed by atoms with Crippen LogP contribution < -0.4 is 0 Å². The number of carboxylic acids is 1. The number of hydrogen-bond acceptors (Lipinski definition) is 13. The number of esters is 3. The van der Waals surface area contributed by atoms with Crippen molar-refractivity contribution >= 4 is 41.5 Å². The lowest BCUT2D eigenvalue weighted by Crippen LogP contribution is -2.80. The van der Waals surface area contributed by atoms with Gasteiger partial charge in [0.25, 0.3) is 5.91 Å². The van der Waals surface area contributed by atoms with Crippen LogP contribution in [0, 0.1) is 0 Å². The van der Waals surface area contributed by atoms with Crippen LogP contribution in [0.5, 0.6) is 0 Å². The molecule has 1 aromatic carbocycles. The van der Waals surface area contributed by atoms with Crippen LogP contribution in [-0.4, -0.2) is 103 Å². The summed E-state index contributed by atoms with van der Waals surface area (Å²) in [6.07, 6.45) is 0. The van der Waals surface area contributed by atoms with E-state index in [9.17, 15) is 44.4 Å². The molecule has 1 saturated heterocycles. The first kappa shape index (κ1) is 30.0. The third kappa shape index (κ3) is 6.19. The summed E-state index contributed by atoms with van der Waals surface area (Å²) in [5.74, 6) is -16.6. The Morgan fingerprint density at radius 2 is 1.54 bits per heavy atom. The highest BCUT2D eigenvalue weighted by Gasteiger charge is 2.77. The normalized spacial score (nSPS) is 27.9. The van der Waals surface area contributed by atoms with Gasteiger partial charge in [-0.1, -0.05) is 18.2 Å². The minimum absolute atomic E-state index is 0.197. The first-order valence-corrected chi connectivity index (χ1v) is 11.7. The number of likely N-dealkylation sites (N-methyl/N-ethyl adjacent to an activating group) is 1. The average molecular weight is 546 g/mol. The Hall–Kier alpha value is -3.24. The molecule has 0 unspecified atom stereocenters. The van der Waals surface area contributed by atoms with Crippen molar-refractivity contribution in [2.45, 2.75) is 49.6 Å². The van der Waals surface area contributed by atoms with Crippen LogP contribution in [0.15, 0.2) is 30.3 Å². The maximum absolute atomic E-state index is 12.8. The van der Waals surface area contributed by atoms with Gasteiger partial charge < -0.3 is 44.3 Å². The lowest BCUT2D eigenvalue weighted by atomic mass is 9.93. The van der Waals surface area contributed by atoms with Gasteiger partial charge in [-0.2, -0.15) is 0 Å². The molecule has 0 bridgehead atoms. The Bertz CT molecular complexity index is 1050. The number of aliphatic hydroxyl groups is 3. The standard InChI is InChI=1S/C22H27NO13S/c1-12(24)34-20(30)11-33-19(21(31,35-13(2)25)22(20,32)36-14(3)26)37-10-16(18(28)29)23(4)17(27)15-8-6-5-7-9-15/h5-9,16,19,30-32H,10-11H2,1-4H3,(H,28,29)/t16-,19-,20+,21+,22-/m0/s1. The van der Waals surface area contributed by atoms with Crippen molar-refractivity contribution in [2.75, 3.05) is 19.4 Å². The molecule has 0 radical (unpaired) electrons. The third-order valence-electron chi connectivity index (χ3n) is 5.17. The van der Waals surface area contributed by atoms with E-state index in [1.54, 1.807) is 18.2 Å². The second kappa shape index (κ2) is 11.4. The summed E-state index contributed by atoms with van der Waals surface area (Å²) < 4.78 is 19.5. The highest BCUT2D eigenvalue weighted by molar-refractivity contribution is 7.99. The van der Waals surface area contributed by atoms with Crippen LogP contribution >= 0.6 is 11.8 Å². The van der Waals surface area contributed by atoms with Crippen molar-refractivity contribution in [3.63, 3.8) is 0 Å². The van der Waals surface area contributed by atoms with Crippen molar-refractivity contribution in [3.05, 3.63) is 35.9 Å². The summed E-state index contributed by atoms with van der Waals surface area (Å²) in [6, 6.07) is 6.26. The van der Waals surface area contributed by atoms with Crippen molar-refractivity contribution in [1.82, 2.24) is 4.90 Å². The van der Waals surface area contributed by atoms with Crippen LogP contribution in [-0.2, 0) is 38.1 Å². The Balaban J connectivity index is 2.43. The van der Waals surface area contributed by atoms with E-state index in [0.717, 1.165) is 25.7 Å². The van der Waals surface area contributed by atoms with Gasteiger partial charge in [-0.3, -0.25) is 19.2 Å². The van der Waals surface area contributed by atoms with Crippen molar-refractivity contribution in [3.8, 4) is 0 Å². The molecule has 37 heavy (non-hydrogen) atoms. The molecule has 1 fully saturated rings. The zero-order valence-electron chi connectivity index (χ0n) is 20.3. The molecule has 15 heteroatoms. The zero-order chi connectivity index (χ0) is 28.2. The number of rotatable bonds is 9. The van der Waals surface area contributed by atoms with Crippen LogP contribution in [0.25, 0.3) is 0 Å². The Morgan fingerprint density at radius 1 is 1.00 bits per heavy atom. The zero-order valence-corrected chi connectivity index (χ0v) is 21.1. The number of carbonyl (C=O) groups excluding carboxylic acids is 4. The first-order valence-electron chi connectivity index (χ1n) is 10.6. The van der Waals surface area contributed by atoms with Gasteiger partial charge in [0.15, 0.2) is 5.44 Å². The molecular weight excluding hydrogens is 518 g/mol. The molecule has 14 nitrogen and oxygen atoms in total. The maximum atomic E-state index is 12.8. The van der Waals surface area contributed by atoms with Gasteiger partial charge in [0, 0.05) is 39.1 Å². The van der Waals surface area contributed by atoms with Gasteiger partial charge in [-0.15, -0.1) is 11.8 Å². The Morgan fingerprint density at radius 3 is 2.03 bits per heavy atom. The Kier molecular flexibility index (Phi) is 9.27. The number of aliphatic carboxylic acids is 1. The first-order chi connectivity index (χ1) is 17.1. The van der Waals surface area contributed by atoms with Gasteiger partial charge in [0.2, 0.25) is 0 Å². The maximum Gasteiger partial charge on any atom is 0.349 e. The highest BCUT2D eigenvalue weighted by atomic mass is 32.2. The van der Waals surface area contributed by atoms with Crippen molar-refractivity contribution in [1.29, 1.82) is 0 Å². The van der Waals surface area contributed by atoms with Crippen molar-refractivity contribution in [2.24, 2.45) is 0 Å². The van der Waals surface area contributed by atoms with Crippen LogP contribution in [0.1, 0.15) is 31.1 Å². The fraction of sp³-hybridized carbons (Fsp3) is 0.500. The molecule has 1 aliphatic rings. The molecule has 0 aliphatic carbocycles. The summed E-state index contributed by atoms with van der Waals surface area (Å²) >= 11 is 0.446. The number of thioether (sulfide) groups is 1. The number of ether oxygens (including phenoxy) is 4. The van der Waals surface area contributed by atoms with E-state index in [2.05, 4.69) is 4.74 Å². The SMILES string of the molecule is CC(=O)O[C@@]1(O)[C@](O)(OC(C)=O)CO[C@@H](SC[C@@H](C(=O)O)N(C)C(=O)c2ccccc2)[C@@]1(O)OC(C)=O. The molecule has 1 aromatic rings. The second-order valence-corrected chi connectivity index (χ2v) is 9.11. The van der Waals surface area contributed by atoms with Gasteiger partial charge in [-0.25, -0.2) is 4.79 Å². The van der Waals surface area contributed by atoms with Crippen LogP contribution in [0.3, 0.4) is 0 Å². The van der Waals surface area contributed by atoms with Gasteiger partial charge >= 0.3 is 41.2 Å². The summed E-state index contributed by atoms with van der Waals surface area (Å²) in [6.45, 7) is 1.31. The van der Waals surface area contributed by atoms with E-state index < -0.39 is 71.0 Å². The molecule has 0 aromatic heterocycles. The monoisotopic (exact) mass is 545 g/mol. The number of carbonyl (C=O) groups is 5. The number of nitrogens with zero attached hydrogens (tertiary/aromatic N) is 1. The third-order valence-corrected chi connectivity index (χ3v) is 6.43. The highest BCUT2D eigenvalue weighted by Crippen LogP contribution is 2.47. The average Bonchev–Trinajstić information content (AvgIpc) is 2.78. The summed E-state index contributed by atoms with van der Waals surface area (Å²) in [7, 11) is 1.23. The molecule has 0 spiro atoms. The fourth-order valence-corrected chi connectivity index (χ4v) is 4.81. The lowest BCUT2D eigenvalue weighted by molar-refractivity contribution is -0.486. The van der Waals surface area contributed by atoms with E-state index in [0.29, 0.717) is 11.8 Å². The molecule has 204 valence electrons. The molecule has 4 N–H and O–H groups in total. The smallest absolute Gasteiger partial charge is 0.349 e. The minimum Gasteiger partial charge on any atom is -0.480 e. The quantitative estimate of drug-likeness (QED) is 0.168. The topological polar surface area (TPSA) is 206 Å². The summed E-state index contributed by atoms with van der Waals surface area (Å²) in [4.78, 5) is 60.8. The Labute approximate surface area is 215 Å². The molecule has 1 heterocycles. The fourth-order valence-electron chi connectivity index (χ4n) is 3.49. The van der Waals surface area contributed by atoms with Crippen LogP contribution in [0.4, 0.5) is 0 Å². The van der Waals surface area contributed by atoms with Crippen LogP contribution in [0.2, 0.25) is 0 Å². The van der Waals surface area contributed by atoms with Gasteiger partial charge in [0.05, 0.1) is 0 Å².